The molecule has 1 saturated heterocycles. The predicted octanol–water partition coefficient (Wildman–Crippen LogP) is 1.12. The Morgan fingerprint density at radius 1 is 1.52 bits per heavy atom. The Morgan fingerprint density at radius 3 is 2.71 bits per heavy atom. The number of carbonyl (C=O) groups is 2. The molecule has 1 fully saturated rings. The molecule has 0 aliphatic carbocycles. The number of carbonyl (C=O) groups excluding carboxylic acids is 1. The Labute approximate surface area is 123 Å². The van der Waals surface area contributed by atoms with Gasteiger partial charge in [0.1, 0.15) is 0 Å². The number of rotatable bonds is 4. The van der Waals surface area contributed by atoms with Gasteiger partial charge in [-0.25, -0.2) is 4.68 Å². The standard InChI is InChI=1S/C14H21N3O4/c1-5-17-10(18)7-6-9(14(19)20)12(17)11-8(2)15-16(3)13(11)21-4/h9,12H,5-7H2,1-4H3,(H,19,20). The van der Waals surface area contributed by atoms with E-state index in [4.69, 9.17) is 4.74 Å². The van der Waals surface area contributed by atoms with Crippen LogP contribution in [0, 0.1) is 12.8 Å². The number of ether oxygens (including phenoxy) is 1. The lowest BCUT2D eigenvalue weighted by atomic mass is 9.84. The van der Waals surface area contributed by atoms with Gasteiger partial charge in [-0.2, -0.15) is 5.10 Å². The van der Waals surface area contributed by atoms with Gasteiger partial charge in [0.15, 0.2) is 0 Å². The van der Waals surface area contributed by atoms with Gasteiger partial charge in [0.25, 0.3) is 0 Å². The smallest absolute Gasteiger partial charge is 0.308 e. The van der Waals surface area contributed by atoms with Gasteiger partial charge in [-0.15, -0.1) is 0 Å². The summed E-state index contributed by atoms with van der Waals surface area (Å²) >= 11 is 0. The van der Waals surface area contributed by atoms with Gasteiger partial charge in [-0.1, -0.05) is 0 Å². The Morgan fingerprint density at radius 2 is 2.19 bits per heavy atom. The molecular formula is C14H21N3O4. The number of carboxylic acid groups (broad SMARTS) is 1. The van der Waals surface area contributed by atoms with E-state index in [1.807, 2.05) is 13.8 Å². The van der Waals surface area contributed by atoms with Crippen LogP contribution in [0.5, 0.6) is 5.88 Å². The van der Waals surface area contributed by atoms with Crippen LogP contribution >= 0.6 is 0 Å². The summed E-state index contributed by atoms with van der Waals surface area (Å²) in [5.41, 5.74) is 1.39. The Hall–Kier alpha value is -2.05. The molecule has 116 valence electrons. The Kier molecular flexibility index (Phi) is 4.20. The van der Waals surface area contributed by atoms with Crippen molar-refractivity contribution < 1.29 is 19.4 Å². The van der Waals surface area contributed by atoms with E-state index in [1.54, 1.807) is 16.6 Å². The maximum Gasteiger partial charge on any atom is 0.308 e. The number of amides is 1. The topological polar surface area (TPSA) is 84.7 Å². The first kappa shape index (κ1) is 15.3. The summed E-state index contributed by atoms with van der Waals surface area (Å²) in [5, 5.41) is 13.8. The minimum absolute atomic E-state index is 0.0229. The molecule has 0 radical (unpaired) electrons. The maximum absolute atomic E-state index is 12.2. The largest absolute Gasteiger partial charge is 0.481 e. The molecule has 1 aliphatic heterocycles. The fraction of sp³-hybridized carbons (Fsp3) is 0.643. The first-order valence-electron chi connectivity index (χ1n) is 7.02. The van der Waals surface area contributed by atoms with Gasteiger partial charge < -0.3 is 14.7 Å². The van der Waals surface area contributed by atoms with Gasteiger partial charge in [0.05, 0.1) is 30.3 Å². The highest BCUT2D eigenvalue weighted by atomic mass is 16.5. The summed E-state index contributed by atoms with van der Waals surface area (Å²) in [6.45, 7) is 4.13. The highest BCUT2D eigenvalue weighted by Crippen LogP contribution is 2.41. The van der Waals surface area contributed by atoms with Crippen LogP contribution in [0.2, 0.25) is 0 Å². The minimum atomic E-state index is -0.892. The maximum atomic E-state index is 12.2. The molecule has 2 heterocycles. The summed E-state index contributed by atoms with van der Waals surface area (Å²) in [4.78, 5) is 25.4. The Balaban J connectivity index is 2.58. The van der Waals surface area contributed by atoms with Crippen LogP contribution in [0.1, 0.15) is 37.1 Å². The molecule has 1 N–H and O–H groups in total. The van der Waals surface area contributed by atoms with Crippen LogP contribution in [-0.4, -0.2) is 45.3 Å². The average Bonchev–Trinajstić information content (AvgIpc) is 2.71. The molecule has 1 aliphatic rings. The minimum Gasteiger partial charge on any atom is -0.481 e. The summed E-state index contributed by atoms with van der Waals surface area (Å²) in [6.07, 6.45) is 0.607. The highest BCUT2D eigenvalue weighted by Gasteiger charge is 2.43. The number of aromatic nitrogens is 2. The third-order valence-electron chi connectivity index (χ3n) is 4.07. The zero-order valence-electron chi connectivity index (χ0n) is 12.8. The zero-order chi connectivity index (χ0) is 15.7. The van der Waals surface area contributed by atoms with Crippen molar-refractivity contribution in [3.05, 3.63) is 11.3 Å². The van der Waals surface area contributed by atoms with E-state index in [0.29, 0.717) is 30.1 Å². The third-order valence-corrected chi connectivity index (χ3v) is 4.07. The van der Waals surface area contributed by atoms with E-state index < -0.39 is 17.9 Å². The lowest BCUT2D eigenvalue weighted by molar-refractivity contribution is -0.151. The molecule has 21 heavy (non-hydrogen) atoms. The van der Waals surface area contributed by atoms with Crippen LogP contribution in [-0.2, 0) is 16.6 Å². The summed E-state index contributed by atoms with van der Waals surface area (Å²) in [5.74, 6) is -1.04. The highest BCUT2D eigenvalue weighted by molar-refractivity contribution is 5.82. The summed E-state index contributed by atoms with van der Waals surface area (Å²) in [7, 11) is 3.27. The van der Waals surface area contributed by atoms with E-state index in [9.17, 15) is 14.7 Å². The lowest BCUT2D eigenvalue weighted by Gasteiger charge is -2.39. The number of carboxylic acids is 1. The van der Waals surface area contributed by atoms with Crippen molar-refractivity contribution in [2.75, 3.05) is 13.7 Å². The number of aryl methyl sites for hydroxylation is 2. The first-order chi connectivity index (χ1) is 9.92. The average molecular weight is 295 g/mol. The van der Waals surface area contributed by atoms with Crippen molar-refractivity contribution in [3.8, 4) is 5.88 Å². The molecule has 0 bridgehead atoms. The fourth-order valence-corrected chi connectivity index (χ4v) is 3.18. The number of nitrogens with zero attached hydrogens (tertiary/aromatic N) is 3. The van der Waals surface area contributed by atoms with E-state index in [2.05, 4.69) is 5.10 Å². The van der Waals surface area contributed by atoms with E-state index in [1.165, 1.54) is 7.11 Å². The van der Waals surface area contributed by atoms with Gasteiger partial charge >= 0.3 is 5.97 Å². The number of hydrogen-bond donors (Lipinski definition) is 1. The molecule has 0 spiro atoms. The quantitative estimate of drug-likeness (QED) is 0.899. The number of piperidine rings is 1. The Bertz CT molecular complexity index is 565. The van der Waals surface area contributed by atoms with E-state index in [0.717, 1.165) is 0 Å². The zero-order valence-corrected chi connectivity index (χ0v) is 12.8. The number of likely N-dealkylation sites (tertiary alicyclic amines) is 1. The van der Waals surface area contributed by atoms with Crippen LogP contribution in [0.25, 0.3) is 0 Å². The molecule has 0 saturated carbocycles. The van der Waals surface area contributed by atoms with Crippen molar-refractivity contribution in [3.63, 3.8) is 0 Å². The second kappa shape index (κ2) is 5.75. The summed E-state index contributed by atoms with van der Waals surface area (Å²) < 4.78 is 6.96. The summed E-state index contributed by atoms with van der Waals surface area (Å²) in [6, 6.07) is -0.530. The second-order valence-corrected chi connectivity index (χ2v) is 5.24. The van der Waals surface area contributed by atoms with Gasteiger partial charge in [-0.3, -0.25) is 9.59 Å². The molecule has 2 unspecified atom stereocenters. The number of hydrogen-bond acceptors (Lipinski definition) is 4. The van der Waals surface area contributed by atoms with Gasteiger partial charge in [0, 0.05) is 20.0 Å². The molecule has 1 aromatic rings. The molecule has 7 nitrogen and oxygen atoms in total. The first-order valence-corrected chi connectivity index (χ1v) is 7.02. The molecule has 2 atom stereocenters. The van der Waals surface area contributed by atoms with Crippen molar-refractivity contribution in [2.45, 2.75) is 32.7 Å². The molecule has 2 rings (SSSR count). The van der Waals surface area contributed by atoms with Gasteiger partial charge in [-0.05, 0) is 20.3 Å². The second-order valence-electron chi connectivity index (χ2n) is 5.24. The molecule has 0 aromatic carbocycles. The van der Waals surface area contributed by atoms with Crippen molar-refractivity contribution in [1.82, 2.24) is 14.7 Å². The molecule has 1 aromatic heterocycles. The third kappa shape index (κ3) is 2.48. The van der Waals surface area contributed by atoms with Crippen molar-refractivity contribution in [2.24, 2.45) is 13.0 Å². The van der Waals surface area contributed by atoms with Crippen LogP contribution < -0.4 is 4.74 Å². The van der Waals surface area contributed by atoms with E-state index in [-0.39, 0.29) is 12.3 Å². The molecule has 1 amide bonds. The van der Waals surface area contributed by atoms with Crippen LogP contribution in [0.3, 0.4) is 0 Å². The lowest BCUT2D eigenvalue weighted by Crippen LogP contribution is -2.45. The predicted molar refractivity (Wildman–Crippen MR) is 75.0 cm³/mol. The van der Waals surface area contributed by atoms with Crippen molar-refractivity contribution in [1.29, 1.82) is 0 Å². The monoisotopic (exact) mass is 295 g/mol. The van der Waals surface area contributed by atoms with E-state index >= 15 is 0 Å². The van der Waals surface area contributed by atoms with Crippen LogP contribution in [0.4, 0.5) is 0 Å². The normalized spacial score (nSPS) is 22.5. The number of methoxy groups -OCH3 is 1. The SMILES string of the molecule is CCN1C(=O)CCC(C(=O)O)C1c1c(C)nn(C)c1OC. The fourth-order valence-electron chi connectivity index (χ4n) is 3.18. The van der Waals surface area contributed by atoms with Gasteiger partial charge in [0.2, 0.25) is 11.8 Å². The molecular weight excluding hydrogens is 274 g/mol. The molecule has 7 heteroatoms. The number of aliphatic carboxylic acids is 1. The van der Waals surface area contributed by atoms with Crippen LogP contribution in [0.15, 0.2) is 0 Å². The van der Waals surface area contributed by atoms with Crippen molar-refractivity contribution >= 4 is 11.9 Å².